The first kappa shape index (κ1) is 12.4. The molecule has 2 heteroatoms. The molecule has 1 fully saturated rings. The van der Waals surface area contributed by atoms with Gasteiger partial charge < -0.3 is 11.1 Å². The zero-order valence-corrected chi connectivity index (χ0v) is 10.6. The van der Waals surface area contributed by atoms with E-state index in [-0.39, 0.29) is 0 Å². The zero-order valence-electron chi connectivity index (χ0n) is 10.6. The molecule has 0 atom stereocenters. The molecule has 1 aliphatic rings. The van der Waals surface area contributed by atoms with Crippen molar-refractivity contribution in [2.75, 3.05) is 18.4 Å². The van der Waals surface area contributed by atoms with Gasteiger partial charge in [0.15, 0.2) is 0 Å². The molecule has 0 unspecified atom stereocenters. The average molecular weight is 232 g/mol. The van der Waals surface area contributed by atoms with E-state index in [0.29, 0.717) is 5.41 Å². The maximum absolute atomic E-state index is 6.03. The largest absolute Gasteiger partial charge is 0.384 e. The van der Waals surface area contributed by atoms with E-state index in [0.717, 1.165) is 13.1 Å². The number of anilines is 1. The van der Waals surface area contributed by atoms with Crippen LogP contribution >= 0.6 is 0 Å². The smallest absolute Gasteiger partial charge is 0.0340 e. The summed E-state index contributed by atoms with van der Waals surface area (Å²) in [7, 11) is 0. The Morgan fingerprint density at radius 3 is 2.24 bits per heavy atom. The number of benzene rings is 1. The van der Waals surface area contributed by atoms with Crippen LogP contribution in [0.2, 0.25) is 0 Å². The molecule has 2 nitrogen and oxygen atoms in total. The normalized spacial score (nSPS) is 19.6. The van der Waals surface area contributed by atoms with Gasteiger partial charge in [-0.1, -0.05) is 43.9 Å². The number of nitrogens with two attached hydrogens (primary N) is 1. The van der Waals surface area contributed by atoms with Gasteiger partial charge in [0.2, 0.25) is 0 Å². The monoisotopic (exact) mass is 232 g/mol. The summed E-state index contributed by atoms with van der Waals surface area (Å²) in [5, 5.41) is 3.55. The number of rotatable bonds is 4. The molecule has 0 radical (unpaired) electrons. The minimum atomic E-state index is 0.326. The fourth-order valence-electron chi connectivity index (χ4n) is 2.78. The van der Waals surface area contributed by atoms with Crippen LogP contribution in [-0.4, -0.2) is 13.1 Å². The van der Waals surface area contributed by atoms with Gasteiger partial charge in [-0.2, -0.15) is 0 Å². The van der Waals surface area contributed by atoms with Crippen LogP contribution < -0.4 is 11.1 Å². The van der Waals surface area contributed by atoms with Gasteiger partial charge in [-0.3, -0.25) is 0 Å². The predicted octanol–water partition coefficient (Wildman–Crippen LogP) is 3.40. The van der Waals surface area contributed by atoms with Crippen molar-refractivity contribution >= 4 is 5.69 Å². The first-order valence-electron chi connectivity index (χ1n) is 6.84. The average Bonchev–Trinajstić information content (AvgIpc) is 2.64. The fourth-order valence-corrected chi connectivity index (χ4v) is 2.78. The fraction of sp³-hybridized carbons (Fsp3) is 0.600. The molecule has 1 saturated carbocycles. The highest BCUT2D eigenvalue weighted by molar-refractivity contribution is 5.42. The number of hydrogen-bond acceptors (Lipinski definition) is 2. The molecule has 0 bridgehead atoms. The lowest BCUT2D eigenvalue weighted by Gasteiger charge is -2.32. The van der Waals surface area contributed by atoms with Gasteiger partial charge in [0.1, 0.15) is 0 Å². The summed E-state index contributed by atoms with van der Waals surface area (Å²) in [6.45, 7) is 1.83. The summed E-state index contributed by atoms with van der Waals surface area (Å²) in [5.41, 5.74) is 7.57. The lowest BCUT2D eigenvalue weighted by atomic mass is 9.80. The molecule has 0 spiro atoms. The quantitative estimate of drug-likeness (QED) is 0.781. The highest BCUT2D eigenvalue weighted by Gasteiger charge is 2.29. The Balaban J connectivity index is 1.94. The topological polar surface area (TPSA) is 38.0 Å². The van der Waals surface area contributed by atoms with Crippen LogP contribution in [0.4, 0.5) is 5.69 Å². The predicted molar refractivity (Wildman–Crippen MR) is 74.1 cm³/mol. The van der Waals surface area contributed by atoms with Gasteiger partial charge >= 0.3 is 0 Å². The first-order chi connectivity index (χ1) is 8.35. The SMILES string of the molecule is NCC1(CNc2ccccc2)CCCCCC1. The number of nitrogens with one attached hydrogen (secondary N) is 1. The molecule has 2 rings (SSSR count). The maximum atomic E-state index is 6.03. The lowest BCUT2D eigenvalue weighted by molar-refractivity contribution is 0.275. The van der Waals surface area contributed by atoms with E-state index in [1.807, 2.05) is 0 Å². The third kappa shape index (κ3) is 3.47. The Bertz CT molecular complexity index is 313. The summed E-state index contributed by atoms with van der Waals surface area (Å²) in [5.74, 6) is 0. The molecule has 0 amide bonds. The van der Waals surface area contributed by atoms with E-state index in [9.17, 15) is 0 Å². The van der Waals surface area contributed by atoms with Crippen molar-refractivity contribution in [3.63, 3.8) is 0 Å². The summed E-state index contributed by atoms with van der Waals surface area (Å²) >= 11 is 0. The molecular weight excluding hydrogens is 208 g/mol. The van der Waals surface area contributed by atoms with Gasteiger partial charge in [0.05, 0.1) is 0 Å². The number of para-hydroxylation sites is 1. The first-order valence-corrected chi connectivity index (χ1v) is 6.84. The van der Waals surface area contributed by atoms with Crippen LogP contribution in [0.15, 0.2) is 30.3 Å². The van der Waals surface area contributed by atoms with E-state index in [1.165, 1.54) is 44.2 Å². The Labute approximate surface area is 105 Å². The molecule has 1 aromatic rings. The third-order valence-corrected chi connectivity index (χ3v) is 4.04. The lowest BCUT2D eigenvalue weighted by Crippen LogP contribution is -2.36. The van der Waals surface area contributed by atoms with Crippen LogP contribution in [0.25, 0.3) is 0 Å². The second kappa shape index (κ2) is 6.06. The molecular formula is C15H24N2. The minimum Gasteiger partial charge on any atom is -0.384 e. The van der Waals surface area contributed by atoms with E-state index in [4.69, 9.17) is 5.73 Å². The van der Waals surface area contributed by atoms with Gasteiger partial charge in [0, 0.05) is 12.2 Å². The van der Waals surface area contributed by atoms with Crippen LogP contribution in [0, 0.1) is 5.41 Å². The summed E-state index contributed by atoms with van der Waals surface area (Å²) in [6.07, 6.45) is 8.01. The van der Waals surface area contributed by atoms with Gasteiger partial charge in [-0.15, -0.1) is 0 Å². The van der Waals surface area contributed by atoms with Crippen LogP contribution in [0.5, 0.6) is 0 Å². The number of hydrogen-bond donors (Lipinski definition) is 2. The molecule has 0 heterocycles. The molecule has 94 valence electrons. The highest BCUT2D eigenvalue weighted by Crippen LogP contribution is 2.34. The van der Waals surface area contributed by atoms with E-state index < -0.39 is 0 Å². The van der Waals surface area contributed by atoms with E-state index >= 15 is 0 Å². The van der Waals surface area contributed by atoms with Crippen molar-refractivity contribution < 1.29 is 0 Å². The Hall–Kier alpha value is -1.02. The summed E-state index contributed by atoms with van der Waals surface area (Å²) < 4.78 is 0. The zero-order chi connectivity index (χ0) is 12.0. The van der Waals surface area contributed by atoms with E-state index in [1.54, 1.807) is 0 Å². The molecule has 1 aliphatic carbocycles. The molecule has 17 heavy (non-hydrogen) atoms. The Kier molecular flexibility index (Phi) is 4.43. The summed E-state index contributed by atoms with van der Waals surface area (Å²) in [4.78, 5) is 0. The van der Waals surface area contributed by atoms with Gasteiger partial charge in [-0.25, -0.2) is 0 Å². The third-order valence-electron chi connectivity index (χ3n) is 4.04. The second-order valence-electron chi connectivity index (χ2n) is 5.34. The van der Waals surface area contributed by atoms with Crippen LogP contribution in [0.3, 0.4) is 0 Å². The molecule has 3 N–H and O–H groups in total. The van der Waals surface area contributed by atoms with Gasteiger partial charge in [0.25, 0.3) is 0 Å². The highest BCUT2D eigenvalue weighted by atomic mass is 14.9. The molecule has 0 aromatic heterocycles. The Morgan fingerprint density at radius 2 is 1.65 bits per heavy atom. The van der Waals surface area contributed by atoms with Crippen molar-refractivity contribution in [2.24, 2.45) is 11.1 Å². The van der Waals surface area contributed by atoms with Crippen LogP contribution in [0.1, 0.15) is 38.5 Å². The van der Waals surface area contributed by atoms with E-state index in [2.05, 4.69) is 35.6 Å². The van der Waals surface area contributed by atoms with Crippen LogP contribution in [-0.2, 0) is 0 Å². The van der Waals surface area contributed by atoms with Gasteiger partial charge in [-0.05, 0) is 36.9 Å². The van der Waals surface area contributed by atoms with Crippen molar-refractivity contribution in [1.82, 2.24) is 0 Å². The molecule has 1 aromatic carbocycles. The summed E-state index contributed by atoms with van der Waals surface area (Å²) in [6, 6.07) is 10.5. The second-order valence-corrected chi connectivity index (χ2v) is 5.34. The molecule has 0 aliphatic heterocycles. The van der Waals surface area contributed by atoms with Crippen molar-refractivity contribution in [1.29, 1.82) is 0 Å². The van der Waals surface area contributed by atoms with Crippen molar-refractivity contribution in [2.45, 2.75) is 38.5 Å². The van der Waals surface area contributed by atoms with Crippen molar-refractivity contribution in [3.05, 3.63) is 30.3 Å². The van der Waals surface area contributed by atoms with Crippen molar-refractivity contribution in [3.8, 4) is 0 Å². The molecule has 0 saturated heterocycles. The maximum Gasteiger partial charge on any atom is 0.0340 e. The Morgan fingerprint density at radius 1 is 1.00 bits per heavy atom. The minimum absolute atomic E-state index is 0.326. The standard InChI is InChI=1S/C15H24N2/c16-12-15(10-6-1-2-7-11-15)13-17-14-8-4-3-5-9-14/h3-5,8-9,17H,1-2,6-7,10-13,16H2.